The largest absolute Gasteiger partial charge is 0.416 e. The molecule has 1 atom stereocenters. The smallest absolute Gasteiger partial charge is 0.352 e. The number of carbonyl (C=O) groups is 2. The standard InChI is InChI=1S/C22H25F3N4O2S/c1-14(20(31)26-17-6-7-17)28-8-10-29(11-9-28)19(30)12-18-13-32-21(27-18)15-2-4-16(5-3-15)22(23,24)25/h2-5,13-14,17H,6-12H2,1H3,(H,26,31). The van der Waals surface area contributed by atoms with Crippen LogP contribution in [-0.4, -0.2) is 64.9 Å². The third-order valence-corrected chi connectivity index (χ3v) is 6.80. The number of nitrogens with zero attached hydrogens (tertiary/aromatic N) is 3. The number of benzene rings is 1. The van der Waals surface area contributed by atoms with Crippen LogP contribution in [0.2, 0.25) is 0 Å². The lowest BCUT2D eigenvalue weighted by atomic mass is 10.1. The van der Waals surface area contributed by atoms with Gasteiger partial charge >= 0.3 is 6.18 Å². The van der Waals surface area contributed by atoms with Crippen LogP contribution in [0.1, 0.15) is 31.0 Å². The molecular formula is C22H25F3N4O2S. The molecular weight excluding hydrogens is 441 g/mol. The summed E-state index contributed by atoms with van der Waals surface area (Å²) in [5.74, 6) is 0.00884. The highest BCUT2D eigenvalue weighted by molar-refractivity contribution is 7.13. The summed E-state index contributed by atoms with van der Waals surface area (Å²) in [4.78, 5) is 33.2. The highest BCUT2D eigenvalue weighted by atomic mass is 32.1. The Labute approximate surface area is 188 Å². The highest BCUT2D eigenvalue weighted by Crippen LogP contribution is 2.32. The van der Waals surface area contributed by atoms with Crippen molar-refractivity contribution in [3.63, 3.8) is 0 Å². The van der Waals surface area contributed by atoms with E-state index >= 15 is 0 Å². The maximum Gasteiger partial charge on any atom is 0.416 e. The molecule has 1 aliphatic carbocycles. The number of aromatic nitrogens is 1. The lowest BCUT2D eigenvalue weighted by Gasteiger charge is -2.37. The van der Waals surface area contributed by atoms with Crippen LogP contribution in [0.3, 0.4) is 0 Å². The molecule has 0 bridgehead atoms. The number of amides is 2. The molecule has 2 amide bonds. The van der Waals surface area contributed by atoms with Crippen molar-refractivity contribution in [1.82, 2.24) is 20.1 Å². The predicted octanol–water partition coefficient (Wildman–Crippen LogP) is 3.18. The summed E-state index contributed by atoms with van der Waals surface area (Å²) in [7, 11) is 0. The number of thiazole rings is 1. The van der Waals surface area contributed by atoms with E-state index in [0.717, 1.165) is 25.0 Å². The van der Waals surface area contributed by atoms with Crippen LogP contribution in [-0.2, 0) is 22.2 Å². The summed E-state index contributed by atoms with van der Waals surface area (Å²) in [5, 5.41) is 5.37. The maximum absolute atomic E-state index is 12.7. The maximum atomic E-state index is 12.7. The second-order valence-corrected chi connectivity index (χ2v) is 9.13. The predicted molar refractivity (Wildman–Crippen MR) is 115 cm³/mol. The molecule has 1 saturated heterocycles. The minimum Gasteiger partial charge on any atom is -0.352 e. The van der Waals surface area contributed by atoms with Gasteiger partial charge < -0.3 is 10.2 Å². The number of hydrogen-bond donors (Lipinski definition) is 1. The average Bonchev–Trinajstić information content (AvgIpc) is 3.47. The van der Waals surface area contributed by atoms with Crippen molar-refractivity contribution in [2.24, 2.45) is 0 Å². The van der Waals surface area contributed by atoms with Crippen molar-refractivity contribution in [2.45, 2.75) is 44.4 Å². The van der Waals surface area contributed by atoms with E-state index in [0.29, 0.717) is 48.5 Å². The van der Waals surface area contributed by atoms with Gasteiger partial charge in [0, 0.05) is 43.2 Å². The van der Waals surface area contributed by atoms with Gasteiger partial charge in [-0.3, -0.25) is 14.5 Å². The van der Waals surface area contributed by atoms with Crippen molar-refractivity contribution in [3.8, 4) is 10.6 Å². The van der Waals surface area contributed by atoms with Crippen molar-refractivity contribution in [1.29, 1.82) is 0 Å². The molecule has 0 spiro atoms. The van der Waals surface area contributed by atoms with Gasteiger partial charge in [-0.1, -0.05) is 12.1 Å². The third kappa shape index (κ3) is 5.47. The molecule has 1 aliphatic heterocycles. The van der Waals surface area contributed by atoms with E-state index in [-0.39, 0.29) is 24.3 Å². The molecule has 1 aromatic heterocycles. The summed E-state index contributed by atoms with van der Waals surface area (Å²) in [6.45, 7) is 4.27. The first kappa shape index (κ1) is 22.7. The summed E-state index contributed by atoms with van der Waals surface area (Å²) in [5.41, 5.74) is 0.495. The minimum atomic E-state index is -4.37. The lowest BCUT2D eigenvalue weighted by molar-refractivity contribution is -0.137. The SMILES string of the molecule is CC(C(=O)NC1CC1)N1CCN(C(=O)Cc2csc(-c3ccc(C(F)(F)F)cc3)n2)CC1. The Morgan fingerprint density at radius 3 is 2.41 bits per heavy atom. The molecule has 2 aliphatic rings. The molecule has 1 aromatic carbocycles. The number of carbonyl (C=O) groups excluding carboxylic acids is 2. The molecule has 4 rings (SSSR count). The molecule has 2 aromatic rings. The van der Waals surface area contributed by atoms with Gasteiger partial charge in [-0.2, -0.15) is 13.2 Å². The van der Waals surface area contributed by atoms with Gasteiger partial charge in [0.15, 0.2) is 0 Å². The fraction of sp³-hybridized carbons (Fsp3) is 0.500. The molecule has 1 saturated carbocycles. The number of hydrogen-bond acceptors (Lipinski definition) is 5. The van der Waals surface area contributed by atoms with E-state index in [4.69, 9.17) is 0 Å². The first-order chi connectivity index (χ1) is 15.2. The number of rotatable bonds is 6. The number of halogens is 3. The fourth-order valence-electron chi connectivity index (χ4n) is 3.66. The zero-order valence-corrected chi connectivity index (χ0v) is 18.5. The first-order valence-corrected chi connectivity index (χ1v) is 11.5. The Kier molecular flexibility index (Phi) is 6.52. The molecule has 2 heterocycles. The van der Waals surface area contributed by atoms with Crippen LogP contribution in [0, 0.1) is 0 Å². The van der Waals surface area contributed by atoms with Gasteiger partial charge in [0.1, 0.15) is 5.01 Å². The van der Waals surface area contributed by atoms with Crippen LogP contribution in [0.5, 0.6) is 0 Å². The number of nitrogens with one attached hydrogen (secondary N) is 1. The Morgan fingerprint density at radius 2 is 1.81 bits per heavy atom. The van der Waals surface area contributed by atoms with Gasteiger partial charge in [-0.05, 0) is 31.9 Å². The molecule has 1 N–H and O–H groups in total. The van der Waals surface area contributed by atoms with Gasteiger partial charge in [-0.25, -0.2) is 4.98 Å². The van der Waals surface area contributed by atoms with Crippen LogP contribution >= 0.6 is 11.3 Å². The molecule has 172 valence electrons. The van der Waals surface area contributed by atoms with Crippen LogP contribution in [0.4, 0.5) is 13.2 Å². The van der Waals surface area contributed by atoms with E-state index in [1.165, 1.54) is 23.5 Å². The molecule has 6 nitrogen and oxygen atoms in total. The Morgan fingerprint density at radius 1 is 1.16 bits per heavy atom. The average molecular weight is 467 g/mol. The van der Waals surface area contributed by atoms with Gasteiger partial charge in [0.2, 0.25) is 11.8 Å². The van der Waals surface area contributed by atoms with Crippen LogP contribution in [0.25, 0.3) is 10.6 Å². The van der Waals surface area contributed by atoms with E-state index in [1.54, 1.807) is 10.3 Å². The fourth-order valence-corrected chi connectivity index (χ4v) is 4.49. The lowest BCUT2D eigenvalue weighted by Crippen LogP contribution is -2.55. The van der Waals surface area contributed by atoms with Crippen LogP contribution < -0.4 is 5.32 Å². The number of alkyl halides is 3. The van der Waals surface area contributed by atoms with E-state index in [9.17, 15) is 22.8 Å². The Bertz CT molecular complexity index is 964. The quantitative estimate of drug-likeness (QED) is 0.710. The zero-order chi connectivity index (χ0) is 22.9. The minimum absolute atomic E-state index is 0.0380. The third-order valence-electron chi connectivity index (χ3n) is 5.86. The second kappa shape index (κ2) is 9.19. The molecule has 1 unspecified atom stereocenters. The van der Waals surface area contributed by atoms with E-state index in [1.807, 2.05) is 6.92 Å². The molecule has 0 radical (unpaired) electrons. The normalized spacial score (nSPS) is 18.4. The Balaban J connectivity index is 1.28. The highest BCUT2D eigenvalue weighted by Gasteiger charge is 2.31. The topological polar surface area (TPSA) is 65.5 Å². The molecule has 32 heavy (non-hydrogen) atoms. The van der Waals surface area contributed by atoms with Gasteiger partial charge in [0.05, 0.1) is 23.7 Å². The van der Waals surface area contributed by atoms with Crippen molar-refractivity contribution in [2.75, 3.05) is 26.2 Å². The van der Waals surface area contributed by atoms with Crippen molar-refractivity contribution >= 4 is 23.2 Å². The first-order valence-electron chi connectivity index (χ1n) is 10.6. The Hall–Kier alpha value is -2.46. The van der Waals surface area contributed by atoms with E-state index in [2.05, 4.69) is 15.2 Å². The van der Waals surface area contributed by atoms with Gasteiger partial charge in [0.25, 0.3) is 0 Å². The van der Waals surface area contributed by atoms with Gasteiger partial charge in [-0.15, -0.1) is 11.3 Å². The van der Waals surface area contributed by atoms with E-state index < -0.39 is 11.7 Å². The summed E-state index contributed by atoms with van der Waals surface area (Å²) in [6, 6.07) is 4.98. The zero-order valence-electron chi connectivity index (χ0n) is 17.7. The number of piperazine rings is 1. The van der Waals surface area contributed by atoms with Crippen molar-refractivity contribution in [3.05, 3.63) is 40.9 Å². The molecule has 10 heteroatoms. The monoisotopic (exact) mass is 466 g/mol. The summed E-state index contributed by atoms with van der Waals surface area (Å²) in [6.07, 6.45) is -2.12. The second-order valence-electron chi connectivity index (χ2n) is 8.27. The van der Waals surface area contributed by atoms with Crippen LogP contribution in [0.15, 0.2) is 29.6 Å². The summed E-state index contributed by atoms with van der Waals surface area (Å²) < 4.78 is 38.2. The molecule has 2 fully saturated rings. The van der Waals surface area contributed by atoms with Crippen molar-refractivity contribution < 1.29 is 22.8 Å². The summed E-state index contributed by atoms with van der Waals surface area (Å²) >= 11 is 1.31.